The number of carbonyl (C=O) groups excluding carboxylic acids is 6. The maximum atomic E-state index is 14.7. The van der Waals surface area contributed by atoms with E-state index in [1.165, 1.54) is 6.33 Å². The minimum atomic E-state index is -1.16. The van der Waals surface area contributed by atoms with Crippen molar-refractivity contribution in [3.63, 3.8) is 0 Å². The number of aliphatic carboxylic acids is 1. The number of carboxylic acid groups (broad SMARTS) is 1. The molecule has 2 aliphatic heterocycles. The zero-order chi connectivity index (χ0) is 51.6. The number of nitrogens with zero attached hydrogens (tertiary/aromatic N) is 2. The SMILES string of the molecule is CC[C@H](C)[C@H](NC(=O)[C@H](Cc1ccccc1)NC[C@H](Cc1ccccc1)NC(=O)[C@H](Cc1cnc[nH]1)NC(=O)[C@@H]1CCCN1C(=O)[C@@H]1CCCN1)C(=O)N[C@@H](CC1CCCCC1)C(=O)N[C@H](C(=O)O)C(C)C. The lowest BCUT2D eigenvalue weighted by molar-refractivity contribution is -0.143. The van der Waals surface area contributed by atoms with E-state index in [9.17, 15) is 38.7 Å². The fourth-order valence-corrected chi connectivity index (χ4v) is 10.2. The first kappa shape index (κ1) is 55.2. The van der Waals surface area contributed by atoms with Gasteiger partial charge in [0, 0.05) is 37.4 Å². The third kappa shape index (κ3) is 16.2. The molecule has 9 atom stereocenters. The molecule has 3 aliphatic rings. The summed E-state index contributed by atoms with van der Waals surface area (Å²) in [5.41, 5.74) is 2.40. The van der Waals surface area contributed by atoms with Gasteiger partial charge in [0.25, 0.3) is 0 Å². The van der Waals surface area contributed by atoms with Gasteiger partial charge >= 0.3 is 5.97 Å². The van der Waals surface area contributed by atoms with Crippen molar-refractivity contribution in [1.29, 1.82) is 0 Å². The number of rotatable bonds is 26. The number of carboxylic acids is 1. The first-order valence-electron chi connectivity index (χ1n) is 26.3. The van der Waals surface area contributed by atoms with Crippen molar-refractivity contribution in [2.45, 2.75) is 166 Å². The van der Waals surface area contributed by atoms with Crippen LogP contribution < -0.4 is 37.2 Å². The molecule has 3 aromatic rings. The van der Waals surface area contributed by atoms with E-state index in [-0.39, 0.29) is 43.2 Å². The highest BCUT2D eigenvalue weighted by molar-refractivity contribution is 5.95. The van der Waals surface area contributed by atoms with E-state index < -0.39 is 83.7 Å². The van der Waals surface area contributed by atoms with Gasteiger partial charge in [-0.1, -0.05) is 127 Å². The Labute approximate surface area is 424 Å². The molecule has 0 spiro atoms. The molecule has 1 aliphatic carbocycles. The molecule has 0 unspecified atom stereocenters. The van der Waals surface area contributed by atoms with Gasteiger partial charge in [-0.05, 0) is 80.4 Å². The highest BCUT2D eigenvalue weighted by Crippen LogP contribution is 2.28. The second-order valence-electron chi connectivity index (χ2n) is 20.5. The third-order valence-corrected chi connectivity index (χ3v) is 14.6. The minimum absolute atomic E-state index is 0.0991. The van der Waals surface area contributed by atoms with E-state index in [4.69, 9.17) is 0 Å². The number of hydrogen-bond acceptors (Lipinski definition) is 10. The van der Waals surface area contributed by atoms with Crippen molar-refractivity contribution in [1.82, 2.24) is 52.1 Å². The summed E-state index contributed by atoms with van der Waals surface area (Å²) in [5.74, 6) is -4.27. The molecule has 1 aromatic heterocycles. The van der Waals surface area contributed by atoms with Crippen LogP contribution in [0.25, 0.3) is 0 Å². The molecular weight excluding hydrogens is 917 g/mol. The molecule has 0 bridgehead atoms. The van der Waals surface area contributed by atoms with Crippen LogP contribution >= 0.6 is 0 Å². The second-order valence-corrected chi connectivity index (χ2v) is 20.5. The number of hydrogen-bond donors (Lipinski definition) is 9. The summed E-state index contributed by atoms with van der Waals surface area (Å²) < 4.78 is 0. The van der Waals surface area contributed by atoms with Crippen molar-refractivity contribution in [3.8, 4) is 0 Å². The summed E-state index contributed by atoms with van der Waals surface area (Å²) in [7, 11) is 0. The van der Waals surface area contributed by atoms with Crippen LogP contribution in [0.4, 0.5) is 0 Å². The molecule has 0 radical (unpaired) electrons. The Kier molecular flexibility index (Phi) is 21.2. The van der Waals surface area contributed by atoms with Gasteiger partial charge in [-0.15, -0.1) is 0 Å². The van der Waals surface area contributed by atoms with Gasteiger partial charge in [0.05, 0.1) is 18.4 Å². The van der Waals surface area contributed by atoms with Gasteiger partial charge in [0.15, 0.2) is 0 Å². The number of carbonyl (C=O) groups is 7. The van der Waals surface area contributed by atoms with Crippen molar-refractivity contribution >= 4 is 41.4 Å². The van der Waals surface area contributed by atoms with Crippen LogP contribution in [0.1, 0.15) is 115 Å². The van der Waals surface area contributed by atoms with Crippen molar-refractivity contribution < 1.29 is 38.7 Å². The van der Waals surface area contributed by atoms with E-state index in [0.717, 1.165) is 56.2 Å². The quantitative estimate of drug-likeness (QED) is 0.0564. The second kappa shape index (κ2) is 27.6. The topological polar surface area (TPSA) is 256 Å². The van der Waals surface area contributed by atoms with Crippen LogP contribution in [0.2, 0.25) is 0 Å². The Hall–Kier alpha value is -6.14. The third-order valence-electron chi connectivity index (χ3n) is 14.6. The van der Waals surface area contributed by atoms with E-state index in [0.29, 0.717) is 50.8 Å². The Morgan fingerprint density at radius 3 is 1.96 bits per heavy atom. The number of H-pyrrole nitrogens is 1. The fraction of sp³-hybridized carbons (Fsp3) is 0.593. The molecule has 6 rings (SSSR count). The highest BCUT2D eigenvalue weighted by atomic mass is 16.4. The molecule has 2 aromatic carbocycles. The Bertz CT molecular complexity index is 2220. The van der Waals surface area contributed by atoms with E-state index in [1.807, 2.05) is 74.5 Å². The summed E-state index contributed by atoms with van der Waals surface area (Å²) >= 11 is 0. The number of likely N-dealkylation sites (tertiary alicyclic amines) is 1. The van der Waals surface area contributed by atoms with Gasteiger partial charge in [-0.25, -0.2) is 9.78 Å². The van der Waals surface area contributed by atoms with E-state index in [2.05, 4.69) is 47.2 Å². The Morgan fingerprint density at radius 2 is 1.35 bits per heavy atom. The monoisotopic (exact) mass is 995 g/mol. The van der Waals surface area contributed by atoms with Crippen LogP contribution in [0.3, 0.4) is 0 Å². The Balaban J connectivity index is 1.21. The average Bonchev–Trinajstić information content (AvgIpc) is 4.21. The predicted molar refractivity (Wildman–Crippen MR) is 273 cm³/mol. The predicted octanol–water partition coefficient (Wildman–Crippen LogP) is 3.32. The minimum Gasteiger partial charge on any atom is -0.480 e. The van der Waals surface area contributed by atoms with Crippen LogP contribution in [-0.4, -0.2) is 129 Å². The van der Waals surface area contributed by atoms with Crippen LogP contribution in [-0.2, 0) is 52.8 Å². The lowest BCUT2D eigenvalue weighted by Gasteiger charge is -2.31. The van der Waals surface area contributed by atoms with Gasteiger partial charge in [-0.2, -0.15) is 0 Å². The van der Waals surface area contributed by atoms with Crippen molar-refractivity contribution in [2.75, 3.05) is 19.6 Å². The maximum Gasteiger partial charge on any atom is 0.326 e. The standard InChI is InChI=1S/C54H78N10O8/c1-5-35(4)47(52(69)61-43(29-38-21-13-8-14-22-38)50(67)62-46(34(2)3)54(71)72)63-48(65)42(28-37-19-11-7-12-20-37)57-32-40(27-36-17-9-6-10-18-36)59-49(66)44(30-39-31-55-33-58-39)60-51(68)45-24-16-26-64(45)53(70)41-23-15-25-56-41/h6-7,9-12,17-20,31,33-35,38,40-47,56-57H,5,8,13-16,21-30,32H2,1-4H3,(H,55,58)(H,59,66)(H,60,68)(H,61,69)(H,62,67)(H,63,65)(H,71,72)/t35-,40-,41-,42-,43-,44-,45-,46-,47-/m0/s1. The molecule has 3 fully saturated rings. The molecule has 72 heavy (non-hydrogen) atoms. The fourth-order valence-electron chi connectivity index (χ4n) is 10.2. The molecule has 3 heterocycles. The van der Waals surface area contributed by atoms with Crippen molar-refractivity contribution in [3.05, 3.63) is 90.0 Å². The first-order chi connectivity index (χ1) is 34.7. The van der Waals surface area contributed by atoms with Crippen molar-refractivity contribution in [2.24, 2.45) is 17.8 Å². The number of imidazole rings is 1. The number of benzene rings is 2. The number of nitrogens with one attached hydrogen (secondary N) is 8. The molecule has 9 N–H and O–H groups in total. The summed E-state index contributed by atoms with van der Waals surface area (Å²) in [6.07, 6.45) is 12.3. The average molecular weight is 995 g/mol. The van der Waals surface area contributed by atoms with Gasteiger partial charge < -0.3 is 52.2 Å². The molecule has 18 nitrogen and oxygen atoms in total. The molecular formula is C54H78N10O8. The van der Waals surface area contributed by atoms with Crippen LogP contribution in [0, 0.1) is 17.8 Å². The van der Waals surface area contributed by atoms with Crippen LogP contribution in [0.15, 0.2) is 73.2 Å². The summed E-state index contributed by atoms with van der Waals surface area (Å²) in [5, 5.41) is 31.4. The summed E-state index contributed by atoms with van der Waals surface area (Å²) in [6.45, 7) is 8.52. The lowest BCUT2D eigenvalue weighted by Crippen LogP contribution is -2.60. The normalized spacial score (nSPS) is 20.0. The zero-order valence-electron chi connectivity index (χ0n) is 42.5. The lowest BCUT2D eigenvalue weighted by atomic mass is 9.84. The van der Waals surface area contributed by atoms with E-state index in [1.54, 1.807) is 24.9 Å². The summed E-state index contributed by atoms with van der Waals surface area (Å²) in [6, 6.07) is 12.3. The van der Waals surface area contributed by atoms with Gasteiger partial charge in [0.2, 0.25) is 35.4 Å². The largest absolute Gasteiger partial charge is 0.480 e. The molecule has 2 saturated heterocycles. The number of aromatic nitrogens is 2. The molecule has 392 valence electrons. The highest BCUT2D eigenvalue weighted by Gasteiger charge is 2.40. The summed E-state index contributed by atoms with van der Waals surface area (Å²) in [4.78, 5) is 106. The number of amides is 6. The zero-order valence-corrected chi connectivity index (χ0v) is 42.5. The molecule has 6 amide bonds. The Morgan fingerprint density at radius 1 is 0.694 bits per heavy atom. The number of aromatic amines is 1. The van der Waals surface area contributed by atoms with Crippen LogP contribution in [0.5, 0.6) is 0 Å². The van der Waals surface area contributed by atoms with Gasteiger partial charge in [-0.3, -0.25) is 28.8 Å². The smallest absolute Gasteiger partial charge is 0.326 e. The van der Waals surface area contributed by atoms with E-state index >= 15 is 0 Å². The maximum absolute atomic E-state index is 14.7. The molecule has 1 saturated carbocycles. The molecule has 18 heteroatoms. The van der Waals surface area contributed by atoms with Gasteiger partial charge in [0.1, 0.15) is 30.2 Å². The first-order valence-corrected chi connectivity index (χ1v) is 26.3.